The third kappa shape index (κ3) is 2.74. The van der Waals surface area contributed by atoms with E-state index in [0.717, 1.165) is 0 Å². The van der Waals surface area contributed by atoms with Gasteiger partial charge in [-0.3, -0.25) is 4.55 Å². The Balaban J connectivity index is 2.60. The molecule has 0 aliphatic carbocycles. The van der Waals surface area contributed by atoms with Crippen molar-refractivity contribution < 1.29 is 17.7 Å². The molecule has 0 aromatic rings. The largest absolute Gasteiger partial charge is 0.379 e. The van der Waals surface area contributed by atoms with Gasteiger partial charge < -0.3 is 10.5 Å². The Labute approximate surface area is 65.3 Å². The summed E-state index contributed by atoms with van der Waals surface area (Å²) in [6.45, 7) is 0.665. The Morgan fingerprint density at radius 1 is 1.64 bits per heavy atom. The van der Waals surface area contributed by atoms with Crippen LogP contribution in [-0.2, 0) is 14.9 Å². The maximum atomic E-state index is 10.4. The molecular weight excluding hydrogens is 170 g/mol. The number of hydrogen-bond acceptors (Lipinski definition) is 4. The van der Waals surface area contributed by atoms with Crippen LogP contribution in [0.4, 0.5) is 0 Å². The molecule has 1 aliphatic rings. The molecule has 0 spiro atoms. The van der Waals surface area contributed by atoms with Crippen LogP contribution in [0, 0.1) is 0 Å². The Hall–Kier alpha value is -0.170. The number of rotatable bonds is 2. The summed E-state index contributed by atoms with van der Waals surface area (Å²) in [6.07, 6.45) is 0.479. The van der Waals surface area contributed by atoms with Gasteiger partial charge in [-0.25, -0.2) is 0 Å². The standard InChI is InChI=1S/C5H11NO4S/c6-5(1-2-10-3-5)4-11(7,8)9/h1-4,6H2,(H,7,8,9). The first kappa shape index (κ1) is 8.92. The second-order valence-corrected chi connectivity index (χ2v) is 4.34. The zero-order valence-corrected chi connectivity index (χ0v) is 6.80. The summed E-state index contributed by atoms with van der Waals surface area (Å²) in [4.78, 5) is 0. The van der Waals surface area contributed by atoms with E-state index in [1.54, 1.807) is 0 Å². The lowest BCUT2D eigenvalue weighted by Crippen LogP contribution is -2.46. The molecule has 0 radical (unpaired) electrons. The van der Waals surface area contributed by atoms with Crippen molar-refractivity contribution in [3.8, 4) is 0 Å². The smallest absolute Gasteiger partial charge is 0.266 e. The molecule has 1 atom stereocenters. The van der Waals surface area contributed by atoms with E-state index in [4.69, 9.17) is 15.0 Å². The van der Waals surface area contributed by atoms with E-state index < -0.39 is 21.4 Å². The third-order valence-corrected chi connectivity index (χ3v) is 2.54. The van der Waals surface area contributed by atoms with Crippen LogP contribution in [0.5, 0.6) is 0 Å². The van der Waals surface area contributed by atoms with E-state index in [-0.39, 0.29) is 6.61 Å². The number of hydrogen-bond donors (Lipinski definition) is 2. The zero-order chi connectivity index (χ0) is 8.54. The fraction of sp³-hybridized carbons (Fsp3) is 1.00. The molecule has 1 heterocycles. The van der Waals surface area contributed by atoms with Crippen LogP contribution in [0.2, 0.25) is 0 Å². The van der Waals surface area contributed by atoms with Crippen LogP contribution in [0.3, 0.4) is 0 Å². The highest BCUT2D eigenvalue weighted by atomic mass is 32.2. The Morgan fingerprint density at radius 2 is 2.27 bits per heavy atom. The van der Waals surface area contributed by atoms with Crippen molar-refractivity contribution in [1.29, 1.82) is 0 Å². The monoisotopic (exact) mass is 181 g/mol. The fourth-order valence-corrected chi connectivity index (χ4v) is 2.05. The van der Waals surface area contributed by atoms with Gasteiger partial charge in [0.2, 0.25) is 0 Å². The average molecular weight is 181 g/mol. The minimum absolute atomic E-state index is 0.201. The minimum Gasteiger partial charge on any atom is -0.379 e. The molecule has 3 N–H and O–H groups in total. The van der Waals surface area contributed by atoms with Gasteiger partial charge in [-0.2, -0.15) is 8.42 Å². The second-order valence-electron chi connectivity index (χ2n) is 2.89. The van der Waals surface area contributed by atoms with Crippen molar-refractivity contribution in [2.24, 2.45) is 5.73 Å². The summed E-state index contributed by atoms with van der Waals surface area (Å²) in [6, 6.07) is 0. The molecular formula is C5H11NO4S. The predicted molar refractivity (Wildman–Crippen MR) is 38.8 cm³/mol. The second kappa shape index (κ2) is 2.71. The molecule has 1 rings (SSSR count). The SMILES string of the molecule is NC1(CS(=O)(=O)O)CCOC1. The van der Waals surface area contributed by atoms with Gasteiger partial charge in [0.15, 0.2) is 0 Å². The summed E-state index contributed by atoms with van der Waals surface area (Å²) in [5.74, 6) is -0.417. The third-order valence-electron chi connectivity index (χ3n) is 1.60. The molecule has 1 fully saturated rings. The molecule has 0 bridgehead atoms. The van der Waals surface area contributed by atoms with Crippen LogP contribution in [-0.4, -0.2) is 37.5 Å². The minimum atomic E-state index is -3.97. The molecule has 1 saturated heterocycles. The maximum absolute atomic E-state index is 10.4. The number of ether oxygens (including phenoxy) is 1. The van der Waals surface area contributed by atoms with Crippen LogP contribution in [0.15, 0.2) is 0 Å². The van der Waals surface area contributed by atoms with Crippen molar-refractivity contribution in [3.05, 3.63) is 0 Å². The van der Waals surface area contributed by atoms with Gasteiger partial charge in [-0.1, -0.05) is 0 Å². The lowest BCUT2D eigenvalue weighted by Gasteiger charge is -2.18. The highest BCUT2D eigenvalue weighted by Crippen LogP contribution is 2.16. The summed E-state index contributed by atoms with van der Waals surface area (Å²) in [5.41, 5.74) is 4.70. The molecule has 6 heteroatoms. The summed E-state index contributed by atoms with van der Waals surface area (Å²) in [5, 5.41) is 0. The molecule has 0 saturated carbocycles. The van der Waals surface area contributed by atoms with Crippen LogP contribution >= 0.6 is 0 Å². The normalized spacial score (nSPS) is 32.5. The first-order valence-corrected chi connectivity index (χ1v) is 4.84. The van der Waals surface area contributed by atoms with E-state index in [2.05, 4.69) is 0 Å². The van der Waals surface area contributed by atoms with Crippen molar-refractivity contribution in [2.45, 2.75) is 12.0 Å². The van der Waals surface area contributed by atoms with E-state index in [9.17, 15) is 8.42 Å². The summed E-state index contributed by atoms with van der Waals surface area (Å²) in [7, 11) is -3.97. The molecule has 1 unspecified atom stereocenters. The van der Waals surface area contributed by atoms with E-state index in [1.165, 1.54) is 0 Å². The molecule has 66 valence electrons. The molecule has 1 aliphatic heterocycles. The first-order valence-electron chi connectivity index (χ1n) is 3.23. The van der Waals surface area contributed by atoms with Gasteiger partial charge in [0.25, 0.3) is 10.1 Å². The summed E-state index contributed by atoms with van der Waals surface area (Å²) < 4.78 is 34.2. The topological polar surface area (TPSA) is 89.6 Å². The Morgan fingerprint density at radius 3 is 2.64 bits per heavy atom. The van der Waals surface area contributed by atoms with Gasteiger partial charge >= 0.3 is 0 Å². The maximum Gasteiger partial charge on any atom is 0.266 e. The van der Waals surface area contributed by atoms with Crippen LogP contribution < -0.4 is 5.73 Å². The van der Waals surface area contributed by atoms with Crippen molar-refractivity contribution in [1.82, 2.24) is 0 Å². The van der Waals surface area contributed by atoms with E-state index in [0.29, 0.717) is 13.0 Å². The van der Waals surface area contributed by atoms with Crippen molar-refractivity contribution >= 4 is 10.1 Å². The highest BCUT2D eigenvalue weighted by molar-refractivity contribution is 7.85. The van der Waals surface area contributed by atoms with Crippen LogP contribution in [0.1, 0.15) is 6.42 Å². The quantitative estimate of drug-likeness (QED) is 0.533. The van der Waals surface area contributed by atoms with Gasteiger partial charge in [0.1, 0.15) is 0 Å². The lowest BCUT2D eigenvalue weighted by atomic mass is 10.0. The van der Waals surface area contributed by atoms with Gasteiger partial charge in [0, 0.05) is 6.61 Å². The lowest BCUT2D eigenvalue weighted by molar-refractivity contribution is 0.182. The predicted octanol–water partition coefficient (Wildman–Crippen LogP) is -1.01. The zero-order valence-electron chi connectivity index (χ0n) is 5.99. The average Bonchev–Trinajstić information content (AvgIpc) is 2.09. The van der Waals surface area contributed by atoms with E-state index in [1.807, 2.05) is 0 Å². The van der Waals surface area contributed by atoms with Crippen molar-refractivity contribution in [2.75, 3.05) is 19.0 Å². The van der Waals surface area contributed by atoms with Crippen LogP contribution in [0.25, 0.3) is 0 Å². The fourth-order valence-electron chi connectivity index (χ4n) is 1.10. The Kier molecular flexibility index (Phi) is 2.19. The van der Waals surface area contributed by atoms with Crippen molar-refractivity contribution in [3.63, 3.8) is 0 Å². The summed E-state index contributed by atoms with van der Waals surface area (Å²) >= 11 is 0. The molecule has 0 aromatic heterocycles. The Bertz CT molecular complexity index is 229. The van der Waals surface area contributed by atoms with Gasteiger partial charge in [0.05, 0.1) is 17.9 Å². The number of nitrogens with two attached hydrogens (primary N) is 1. The molecule has 5 nitrogen and oxygen atoms in total. The molecule has 0 aromatic carbocycles. The molecule has 11 heavy (non-hydrogen) atoms. The first-order chi connectivity index (χ1) is 4.91. The highest BCUT2D eigenvalue weighted by Gasteiger charge is 2.34. The van der Waals surface area contributed by atoms with Gasteiger partial charge in [-0.05, 0) is 6.42 Å². The van der Waals surface area contributed by atoms with E-state index >= 15 is 0 Å². The van der Waals surface area contributed by atoms with Gasteiger partial charge in [-0.15, -0.1) is 0 Å². The molecule has 0 amide bonds.